The second-order valence-corrected chi connectivity index (χ2v) is 7.20. The third-order valence-corrected chi connectivity index (χ3v) is 6.21. The van der Waals surface area contributed by atoms with Crippen LogP contribution in [0, 0.1) is 24.7 Å². The summed E-state index contributed by atoms with van der Waals surface area (Å²) in [5.41, 5.74) is 5.82. The van der Waals surface area contributed by atoms with Gasteiger partial charge in [0.25, 0.3) is 0 Å². The molecule has 1 aromatic rings. The Balaban J connectivity index is 1.41. The third-order valence-electron chi connectivity index (χ3n) is 6.21. The van der Waals surface area contributed by atoms with Gasteiger partial charge in [-0.15, -0.1) is 0 Å². The molecule has 1 amide bonds. The maximum Gasteiger partial charge on any atom is 0.424 e. The highest BCUT2D eigenvalue weighted by molar-refractivity contribution is 5.69. The fraction of sp³-hybridized carbons (Fsp3) is 0.588. The van der Waals surface area contributed by atoms with Crippen LogP contribution in [0.1, 0.15) is 23.6 Å². The molecule has 23 heavy (non-hydrogen) atoms. The first-order chi connectivity index (χ1) is 11.2. The van der Waals surface area contributed by atoms with Crippen LogP contribution in [0.15, 0.2) is 34.5 Å². The van der Waals surface area contributed by atoms with Gasteiger partial charge in [-0.3, -0.25) is 0 Å². The van der Waals surface area contributed by atoms with Gasteiger partial charge >= 0.3 is 6.09 Å². The number of carbonyl (C=O) groups excluding carboxylic acids is 1. The molecular formula is C17H20N4O2. The Kier molecular flexibility index (Phi) is 2.66. The number of hydrogen-bond acceptors (Lipinski definition) is 5. The number of ether oxygens (including phenoxy) is 1. The molecule has 0 radical (unpaired) electrons. The normalized spacial score (nSPS) is 42.3. The lowest BCUT2D eigenvalue weighted by Gasteiger charge is -2.52. The molecule has 1 aromatic carbocycles. The maximum atomic E-state index is 11.8. The van der Waals surface area contributed by atoms with Crippen molar-refractivity contribution in [3.63, 3.8) is 0 Å². The van der Waals surface area contributed by atoms with Gasteiger partial charge in [-0.05, 0) is 24.8 Å². The number of methoxy groups -OCH3 is 1. The highest BCUT2D eigenvalue weighted by atomic mass is 16.5. The van der Waals surface area contributed by atoms with Crippen LogP contribution in [0.25, 0.3) is 0 Å². The van der Waals surface area contributed by atoms with E-state index in [9.17, 15) is 4.79 Å². The molecule has 2 aliphatic carbocycles. The van der Waals surface area contributed by atoms with E-state index in [0.717, 1.165) is 6.42 Å². The lowest BCUT2D eigenvalue weighted by Crippen LogP contribution is -2.75. The Morgan fingerprint density at radius 3 is 2.78 bits per heavy atom. The smallest absolute Gasteiger partial charge is 0.424 e. The molecule has 3 fully saturated rings. The van der Waals surface area contributed by atoms with Crippen LogP contribution in [0.2, 0.25) is 0 Å². The summed E-state index contributed by atoms with van der Waals surface area (Å²) in [5, 5.41) is 10.9. The Labute approximate surface area is 134 Å². The number of nitrogens with one attached hydrogen (secondary N) is 1. The first kappa shape index (κ1) is 13.5. The molecule has 2 heterocycles. The van der Waals surface area contributed by atoms with Crippen molar-refractivity contribution >= 4 is 6.09 Å². The first-order valence-corrected chi connectivity index (χ1v) is 8.29. The Hall–Kier alpha value is -1.95. The van der Waals surface area contributed by atoms with Crippen LogP contribution in [-0.4, -0.2) is 36.3 Å². The molecule has 2 bridgehead atoms. The molecular weight excluding hydrogens is 292 g/mol. The van der Waals surface area contributed by atoms with Crippen LogP contribution >= 0.6 is 0 Å². The van der Waals surface area contributed by atoms with E-state index in [1.54, 1.807) is 5.01 Å². The minimum atomic E-state index is -0.291. The molecule has 0 spiro atoms. The van der Waals surface area contributed by atoms with Crippen molar-refractivity contribution in [2.75, 3.05) is 7.11 Å². The number of azo groups is 1. The van der Waals surface area contributed by atoms with E-state index in [1.807, 2.05) is 0 Å². The van der Waals surface area contributed by atoms with E-state index in [2.05, 4.69) is 46.8 Å². The summed E-state index contributed by atoms with van der Waals surface area (Å²) in [4.78, 5) is 11.8. The van der Waals surface area contributed by atoms with Crippen LogP contribution in [0.3, 0.4) is 0 Å². The number of amides is 1. The van der Waals surface area contributed by atoms with Crippen LogP contribution in [0.4, 0.5) is 4.79 Å². The number of carbonyl (C=O) groups is 1. The van der Waals surface area contributed by atoms with Crippen molar-refractivity contribution in [1.82, 2.24) is 10.4 Å². The summed E-state index contributed by atoms with van der Waals surface area (Å²) in [7, 11) is 1.43. The van der Waals surface area contributed by atoms with E-state index in [0.29, 0.717) is 23.8 Å². The lowest BCUT2D eigenvalue weighted by atomic mass is 9.73. The zero-order valence-corrected chi connectivity index (χ0v) is 13.2. The largest absolute Gasteiger partial charge is 0.452 e. The number of aryl methyl sites for hydroxylation is 1. The van der Waals surface area contributed by atoms with E-state index in [1.165, 1.54) is 18.2 Å². The third kappa shape index (κ3) is 1.64. The van der Waals surface area contributed by atoms with Gasteiger partial charge < -0.3 is 4.74 Å². The average Bonchev–Trinajstić information content (AvgIpc) is 3.16. The predicted octanol–water partition coefficient (Wildman–Crippen LogP) is 2.46. The maximum absolute atomic E-state index is 11.8. The van der Waals surface area contributed by atoms with Crippen molar-refractivity contribution in [2.45, 2.75) is 37.5 Å². The second kappa shape index (κ2) is 4.54. The van der Waals surface area contributed by atoms with Crippen molar-refractivity contribution in [2.24, 2.45) is 28.0 Å². The molecule has 6 nitrogen and oxygen atoms in total. The topological polar surface area (TPSA) is 66.3 Å². The van der Waals surface area contributed by atoms with Crippen LogP contribution in [0.5, 0.6) is 0 Å². The molecule has 4 aliphatic rings. The highest BCUT2D eigenvalue weighted by Gasteiger charge is 2.68. The van der Waals surface area contributed by atoms with Gasteiger partial charge in [0.2, 0.25) is 0 Å². The molecule has 120 valence electrons. The van der Waals surface area contributed by atoms with Gasteiger partial charge in [0, 0.05) is 11.8 Å². The minimum absolute atomic E-state index is 0.172. The Morgan fingerprint density at radius 1 is 1.26 bits per heavy atom. The zero-order chi connectivity index (χ0) is 15.7. The fourth-order valence-electron chi connectivity index (χ4n) is 5.22. The molecule has 0 aromatic heterocycles. The molecule has 1 saturated heterocycles. The second-order valence-electron chi connectivity index (χ2n) is 7.20. The fourth-order valence-corrected chi connectivity index (χ4v) is 5.22. The SMILES string of the molecule is COC(=O)N1N[C@@H]2[C@H]1[C@@H]1C[C@H]2C2C(c3ccc(C)cc3)N=NC21. The molecule has 6 heteroatoms. The molecule has 2 aliphatic heterocycles. The number of benzene rings is 1. The predicted molar refractivity (Wildman–Crippen MR) is 82.6 cm³/mol. The van der Waals surface area contributed by atoms with Gasteiger partial charge in [-0.1, -0.05) is 29.8 Å². The van der Waals surface area contributed by atoms with Crippen molar-refractivity contribution < 1.29 is 9.53 Å². The van der Waals surface area contributed by atoms with Gasteiger partial charge in [0.1, 0.15) is 6.04 Å². The van der Waals surface area contributed by atoms with Gasteiger partial charge in [-0.2, -0.15) is 10.2 Å². The summed E-state index contributed by atoms with van der Waals surface area (Å²) in [6, 6.07) is 9.68. The number of hydrogen-bond donors (Lipinski definition) is 1. The molecule has 1 N–H and O–H groups in total. The molecule has 5 rings (SSSR count). The first-order valence-electron chi connectivity index (χ1n) is 8.29. The van der Waals surface area contributed by atoms with E-state index < -0.39 is 0 Å². The number of fused-ring (bicyclic) bond motifs is 8. The number of nitrogens with zero attached hydrogens (tertiary/aromatic N) is 3. The van der Waals surface area contributed by atoms with Crippen molar-refractivity contribution in [1.29, 1.82) is 0 Å². The Bertz CT molecular complexity index is 688. The summed E-state index contributed by atoms with van der Waals surface area (Å²) in [6.07, 6.45) is 0.840. The standard InChI is InChI=1S/C17H20N4O2/c1-8-3-5-9(6-4-8)13-12-10-7-11(14(12)19-18-13)16-15(10)20-21(16)17(22)23-2/h3-6,10-16,20H,7H2,1-2H3/t10-,11+,12?,13?,14?,15-,16+/m0/s1. The summed E-state index contributed by atoms with van der Waals surface area (Å²) in [6.45, 7) is 2.10. The summed E-state index contributed by atoms with van der Waals surface area (Å²) in [5.74, 6) is 1.42. The van der Waals surface area contributed by atoms with Gasteiger partial charge in [0.05, 0.1) is 25.2 Å². The quantitative estimate of drug-likeness (QED) is 0.866. The van der Waals surface area contributed by atoms with Crippen molar-refractivity contribution in [3.05, 3.63) is 35.4 Å². The van der Waals surface area contributed by atoms with Crippen LogP contribution < -0.4 is 5.43 Å². The lowest BCUT2D eigenvalue weighted by molar-refractivity contribution is -0.0615. The molecule has 7 atom stereocenters. The van der Waals surface area contributed by atoms with E-state index in [4.69, 9.17) is 4.74 Å². The van der Waals surface area contributed by atoms with Gasteiger partial charge in [0.15, 0.2) is 0 Å². The summed E-state index contributed by atoms with van der Waals surface area (Å²) < 4.78 is 4.85. The number of rotatable bonds is 1. The molecule has 2 saturated carbocycles. The number of hydrazine groups is 1. The monoisotopic (exact) mass is 312 g/mol. The average molecular weight is 312 g/mol. The zero-order valence-electron chi connectivity index (χ0n) is 13.2. The summed E-state index contributed by atoms with van der Waals surface area (Å²) >= 11 is 0. The van der Waals surface area contributed by atoms with Gasteiger partial charge in [-0.25, -0.2) is 15.2 Å². The molecule has 3 unspecified atom stereocenters. The van der Waals surface area contributed by atoms with Crippen LogP contribution in [-0.2, 0) is 4.74 Å². The Morgan fingerprint density at radius 2 is 2.04 bits per heavy atom. The van der Waals surface area contributed by atoms with E-state index in [-0.39, 0.29) is 24.2 Å². The minimum Gasteiger partial charge on any atom is -0.452 e. The van der Waals surface area contributed by atoms with Crippen molar-refractivity contribution in [3.8, 4) is 0 Å². The van der Waals surface area contributed by atoms with E-state index >= 15 is 0 Å². The highest BCUT2D eigenvalue weighted by Crippen LogP contribution is 2.61.